The lowest BCUT2D eigenvalue weighted by atomic mass is 10.1. The second-order valence-corrected chi connectivity index (χ2v) is 6.04. The number of aromatic nitrogens is 2. The Balaban J connectivity index is 1.61. The summed E-state index contributed by atoms with van der Waals surface area (Å²) in [6, 6.07) is 9.63. The van der Waals surface area contributed by atoms with Crippen LogP contribution in [0.3, 0.4) is 0 Å². The number of carbonyl (C=O) groups is 2. The standard InChI is InChI=1S/C18H21N5O2/c1-14-2-4-15(5-3-14)12-20-17(25)16-6-7-19-18(21-16)23-10-8-22(13-24)9-11-23/h2-7,13H,8-12H2,1H3,(H,20,25). The maximum Gasteiger partial charge on any atom is 0.270 e. The fourth-order valence-electron chi connectivity index (χ4n) is 2.63. The number of rotatable bonds is 5. The summed E-state index contributed by atoms with van der Waals surface area (Å²) < 4.78 is 0. The van der Waals surface area contributed by atoms with Crippen LogP contribution in [0.4, 0.5) is 5.95 Å². The summed E-state index contributed by atoms with van der Waals surface area (Å²) in [6.45, 7) is 5.07. The Morgan fingerprint density at radius 2 is 1.88 bits per heavy atom. The Hall–Kier alpha value is -2.96. The van der Waals surface area contributed by atoms with Gasteiger partial charge in [0.05, 0.1) is 0 Å². The minimum atomic E-state index is -0.226. The number of hydrogen-bond acceptors (Lipinski definition) is 5. The van der Waals surface area contributed by atoms with Crippen molar-refractivity contribution < 1.29 is 9.59 Å². The van der Waals surface area contributed by atoms with Crippen LogP contribution in [0, 0.1) is 6.92 Å². The van der Waals surface area contributed by atoms with Crippen molar-refractivity contribution in [3.63, 3.8) is 0 Å². The first-order valence-corrected chi connectivity index (χ1v) is 8.27. The van der Waals surface area contributed by atoms with E-state index in [-0.39, 0.29) is 5.91 Å². The molecule has 1 aliphatic heterocycles. The summed E-state index contributed by atoms with van der Waals surface area (Å²) in [4.78, 5) is 35.4. The molecule has 0 bridgehead atoms. The smallest absolute Gasteiger partial charge is 0.270 e. The van der Waals surface area contributed by atoms with Gasteiger partial charge in [-0.2, -0.15) is 0 Å². The molecule has 2 heterocycles. The molecule has 3 rings (SSSR count). The monoisotopic (exact) mass is 339 g/mol. The van der Waals surface area contributed by atoms with Gasteiger partial charge in [0.25, 0.3) is 5.91 Å². The molecule has 7 heteroatoms. The molecule has 1 saturated heterocycles. The third-order valence-corrected chi connectivity index (χ3v) is 4.20. The zero-order valence-electron chi connectivity index (χ0n) is 14.2. The Kier molecular flexibility index (Phi) is 5.23. The fourth-order valence-corrected chi connectivity index (χ4v) is 2.63. The van der Waals surface area contributed by atoms with E-state index in [1.807, 2.05) is 36.1 Å². The summed E-state index contributed by atoms with van der Waals surface area (Å²) in [5, 5.41) is 2.88. The van der Waals surface area contributed by atoms with Crippen LogP contribution in [0.25, 0.3) is 0 Å². The fraction of sp³-hybridized carbons (Fsp3) is 0.333. The van der Waals surface area contributed by atoms with Gasteiger partial charge in [-0.15, -0.1) is 0 Å². The number of piperazine rings is 1. The summed E-state index contributed by atoms with van der Waals surface area (Å²) in [5.41, 5.74) is 2.57. The van der Waals surface area contributed by atoms with Crippen molar-refractivity contribution in [2.24, 2.45) is 0 Å². The van der Waals surface area contributed by atoms with Gasteiger partial charge in [0.2, 0.25) is 12.4 Å². The molecular formula is C18H21N5O2. The van der Waals surface area contributed by atoms with Crippen molar-refractivity contribution in [1.82, 2.24) is 20.2 Å². The van der Waals surface area contributed by atoms with E-state index in [9.17, 15) is 9.59 Å². The molecule has 0 unspecified atom stereocenters. The molecule has 0 saturated carbocycles. The van der Waals surface area contributed by atoms with Crippen LogP contribution in [0.15, 0.2) is 36.5 Å². The van der Waals surface area contributed by atoms with E-state index < -0.39 is 0 Å². The molecule has 1 aromatic carbocycles. The highest BCUT2D eigenvalue weighted by Gasteiger charge is 2.19. The summed E-state index contributed by atoms with van der Waals surface area (Å²) in [7, 11) is 0. The molecular weight excluding hydrogens is 318 g/mol. The number of benzene rings is 1. The van der Waals surface area contributed by atoms with Crippen LogP contribution < -0.4 is 10.2 Å². The van der Waals surface area contributed by atoms with E-state index in [1.54, 1.807) is 17.2 Å². The number of nitrogens with one attached hydrogen (secondary N) is 1. The predicted octanol–water partition coefficient (Wildman–Crippen LogP) is 0.993. The lowest BCUT2D eigenvalue weighted by Crippen LogP contribution is -2.46. The second-order valence-electron chi connectivity index (χ2n) is 6.04. The number of anilines is 1. The highest BCUT2D eigenvalue weighted by molar-refractivity contribution is 5.92. The first kappa shape index (κ1) is 16.9. The van der Waals surface area contributed by atoms with Gasteiger partial charge in [-0.25, -0.2) is 9.97 Å². The summed E-state index contributed by atoms with van der Waals surface area (Å²) in [6.07, 6.45) is 2.45. The molecule has 7 nitrogen and oxygen atoms in total. The minimum Gasteiger partial charge on any atom is -0.347 e. The maximum absolute atomic E-state index is 12.3. The van der Waals surface area contributed by atoms with Crippen LogP contribution in [0.2, 0.25) is 0 Å². The van der Waals surface area contributed by atoms with Crippen molar-refractivity contribution in [3.8, 4) is 0 Å². The van der Waals surface area contributed by atoms with Crippen LogP contribution in [0.5, 0.6) is 0 Å². The number of nitrogens with zero attached hydrogens (tertiary/aromatic N) is 4. The average molecular weight is 339 g/mol. The molecule has 1 fully saturated rings. The van der Waals surface area contributed by atoms with Gasteiger partial charge in [-0.3, -0.25) is 9.59 Å². The Bertz CT molecular complexity index is 739. The van der Waals surface area contributed by atoms with Gasteiger partial charge in [0.15, 0.2) is 0 Å². The van der Waals surface area contributed by atoms with E-state index in [0.717, 1.165) is 12.0 Å². The number of carbonyl (C=O) groups excluding carboxylic acids is 2. The van der Waals surface area contributed by atoms with Crippen molar-refractivity contribution in [3.05, 3.63) is 53.3 Å². The lowest BCUT2D eigenvalue weighted by Gasteiger charge is -2.32. The normalized spacial score (nSPS) is 14.3. The molecule has 0 aliphatic carbocycles. The highest BCUT2D eigenvalue weighted by Crippen LogP contribution is 2.11. The topological polar surface area (TPSA) is 78.4 Å². The lowest BCUT2D eigenvalue weighted by molar-refractivity contribution is -0.118. The Morgan fingerprint density at radius 1 is 1.16 bits per heavy atom. The van der Waals surface area contributed by atoms with E-state index in [0.29, 0.717) is 44.4 Å². The molecule has 1 N–H and O–H groups in total. The van der Waals surface area contributed by atoms with Gasteiger partial charge in [-0.1, -0.05) is 29.8 Å². The molecule has 0 atom stereocenters. The van der Waals surface area contributed by atoms with Crippen LogP contribution in [-0.2, 0) is 11.3 Å². The molecule has 2 amide bonds. The van der Waals surface area contributed by atoms with Gasteiger partial charge < -0.3 is 15.1 Å². The largest absolute Gasteiger partial charge is 0.347 e. The highest BCUT2D eigenvalue weighted by atomic mass is 16.2. The van der Waals surface area contributed by atoms with Crippen LogP contribution in [0.1, 0.15) is 21.6 Å². The van der Waals surface area contributed by atoms with Gasteiger partial charge >= 0.3 is 0 Å². The van der Waals surface area contributed by atoms with E-state index >= 15 is 0 Å². The molecule has 1 aromatic heterocycles. The van der Waals surface area contributed by atoms with Crippen molar-refractivity contribution >= 4 is 18.3 Å². The van der Waals surface area contributed by atoms with Gasteiger partial charge in [0, 0.05) is 38.9 Å². The molecule has 1 aliphatic rings. The number of aryl methyl sites for hydroxylation is 1. The van der Waals surface area contributed by atoms with Gasteiger partial charge in [0.1, 0.15) is 5.69 Å². The third kappa shape index (κ3) is 4.32. The molecule has 0 spiro atoms. The van der Waals surface area contributed by atoms with E-state index in [4.69, 9.17) is 0 Å². The first-order valence-electron chi connectivity index (χ1n) is 8.27. The Labute approximate surface area is 146 Å². The molecule has 0 radical (unpaired) electrons. The van der Waals surface area contributed by atoms with E-state index in [1.165, 1.54) is 5.56 Å². The van der Waals surface area contributed by atoms with Crippen LogP contribution in [-0.4, -0.2) is 53.4 Å². The summed E-state index contributed by atoms with van der Waals surface area (Å²) in [5.74, 6) is 0.296. The van der Waals surface area contributed by atoms with Crippen molar-refractivity contribution in [2.75, 3.05) is 31.1 Å². The number of hydrogen-bond donors (Lipinski definition) is 1. The maximum atomic E-state index is 12.3. The zero-order valence-corrected chi connectivity index (χ0v) is 14.2. The van der Waals surface area contributed by atoms with Gasteiger partial charge in [-0.05, 0) is 18.6 Å². The predicted molar refractivity (Wildman–Crippen MR) is 94.2 cm³/mol. The Morgan fingerprint density at radius 3 is 2.56 bits per heavy atom. The first-order chi connectivity index (χ1) is 12.2. The minimum absolute atomic E-state index is 0.226. The quantitative estimate of drug-likeness (QED) is 0.822. The molecule has 25 heavy (non-hydrogen) atoms. The SMILES string of the molecule is Cc1ccc(CNC(=O)c2ccnc(N3CCN(C=O)CC3)n2)cc1. The average Bonchev–Trinajstić information content (AvgIpc) is 2.67. The second kappa shape index (κ2) is 7.74. The number of amides is 2. The van der Waals surface area contributed by atoms with Crippen molar-refractivity contribution in [2.45, 2.75) is 13.5 Å². The van der Waals surface area contributed by atoms with E-state index in [2.05, 4.69) is 15.3 Å². The molecule has 2 aromatic rings. The van der Waals surface area contributed by atoms with Crippen LogP contribution >= 0.6 is 0 Å². The summed E-state index contributed by atoms with van der Waals surface area (Å²) >= 11 is 0. The van der Waals surface area contributed by atoms with Crippen molar-refractivity contribution in [1.29, 1.82) is 0 Å². The molecule has 130 valence electrons. The third-order valence-electron chi connectivity index (χ3n) is 4.20. The zero-order chi connectivity index (χ0) is 17.6.